The predicted molar refractivity (Wildman–Crippen MR) is 92.3 cm³/mol. The maximum Gasteiger partial charge on any atom is 0.141 e. The van der Waals surface area contributed by atoms with Crippen molar-refractivity contribution in [3.05, 3.63) is 54.6 Å². The summed E-state index contributed by atoms with van der Waals surface area (Å²) in [6.07, 6.45) is 1.49. The lowest BCUT2D eigenvalue weighted by atomic mass is 10.2. The van der Waals surface area contributed by atoms with Crippen molar-refractivity contribution in [1.29, 1.82) is 0 Å². The van der Waals surface area contributed by atoms with E-state index in [0.717, 1.165) is 37.7 Å². The Labute approximate surface area is 139 Å². The number of nitrogens with one attached hydrogen (secondary N) is 1. The third-order valence-corrected chi connectivity index (χ3v) is 4.11. The molecule has 1 fully saturated rings. The molecule has 1 N–H and O–H groups in total. The van der Waals surface area contributed by atoms with Gasteiger partial charge in [-0.15, -0.1) is 0 Å². The van der Waals surface area contributed by atoms with Crippen LogP contribution >= 0.6 is 0 Å². The Bertz CT molecular complexity index is 865. The molecule has 1 aromatic heterocycles. The first-order valence-electron chi connectivity index (χ1n) is 7.90. The lowest BCUT2D eigenvalue weighted by Gasteiger charge is -2.30. The van der Waals surface area contributed by atoms with Gasteiger partial charge in [0, 0.05) is 18.5 Å². The highest BCUT2D eigenvalue weighted by molar-refractivity contribution is 5.92. The maximum absolute atomic E-state index is 13.6. The van der Waals surface area contributed by atoms with E-state index < -0.39 is 0 Å². The maximum atomic E-state index is 13.6. The van der Waals surface area contributed by atoms with Crippen LogP contribution in [0.4, 0.5) is 21.6 Å². The zero-order valence-corrected chi connectivity index (χ0v) is 13.1. The second-order valence-electron chi connectivity index (χ2n) is 5.63. The van der Waals surface area contributed by atoms with Gasteiger partial charge in [-0.05, 0) is 30.3 Å². The van der Waals surface area contributed by atoms with Crippen LogP contribution in [-0.4, -0.2) is 36.3 Å². The molecule has 2 aromatic carbocycles. The number of ether oxygens (including phenoxy) is 1. The van der Waals surface area contributed by atoms with Gasteiger partial charge in [-0.1, -0.05) is 12.1 Å². The number of hydrogen-bond donors (Lipinski definition) is 1. The molecule has 0 saturated carbocycles. The lowest BCUT2D eigenvalue weighted by Crippen LogP contribution is -2.36. The standard InChI is InChI=1S/C18H17FN4O/c19-13-5-6-15-14(11-13)18(21-12-20-15)22-16-3-1-2-4-17(16)23-7-9-24-10-8-23/h1-6,11-12H,7-10H2,(H,20,21,22). The molecule has 1 aliphatic heterocycles. The number of hydrogen-bond acceptors (Lipinski definition) is 5. The van der Waals surface area contributed by atoms with Crippen LogP contribution in [0.1, 0.15) is 0 Å². The molecule has 0 atom stereocenters. The summed E-state index contributed by atoms with van der Waals surface area (Å²) in [5.41, 5.74) is 2.73. The Morgan fingerprint density at radius 2 is 1.88 bits per heavy atom. The zero-order valence-electron chi connectivity index (χ0n) is 13.1. The van der Waals surface area contributed by atoms with Crippen LogP contribution in [0.2, 0.25) is 0 Å². The average molecular weight is 324 g/mol. The van der Waals surface area contributed by atoms with E-state index in [1.807, 2.05) is 18.2 Å². The van der Waals surface area contributed by atoms with Crippen LogP contribution in [0.3, 0.4) is 0 Å². The van der Waals surface area contributed by atoms with E-state index in [-0.39, 0.29) is 5.82 Å². The van der Waals surface area contributed by atoms with Gasteiger partial charge in [0.15, 0.2) is 0 Å². The molecule has 0 bridgehead atoms. The summed E-state index contributed by atoms with van der Waals surface area (Å²) in [6.45, 7) is 3.13. The van der Waals surface area contributed by atoms with Gasteiger partial charge in [0.2, 0.25) is 0 Å². The molecular weight excluding hydrogens is 307 g/mol. The number of nitrogens with zero attached hydrogens (tertiary/aromatic N) is 3. The third-order valence-electron chi connectivity index (χ3n) is 4.11. The Morgan fingerprint density at radius 3 is 2.75 bits per heavy atom. The van der Waals surface area contributed by atoms with Crippen LogP contribution in [0.15, 0.2) is 48.8 Å². The Hall–Kier alpha value is -2.73. The van der Waals surface area contributed by atoms with Crippen molar-refractivity contribution in [3.8, 4) is 0 Å². The van der Waals surface area contributed by atoms with Gasteiger partial charge in [-0.25, -0.2) is 14.4 Å². The summed E-state index contributed by atoms with van der Waals surface area (Å²) < 4.78 is 19.0. The molecule has 5 nitrogen and oxygen atoms in total. The van der Waals surface area contributed by atoms with E-state index in [1.54, 1.807) is 6.07 Å². The topological polar surface area (TPSA) is 50.3 Å². The molecular formula is C18H17FN4O. The van der Waals surface area contributed by atoms with E-state index in [0.29, 0.717) is 16.7 Å². The van der Waals surface area contributed by atoms with Crippen molar-refractivity contribution >= 4 is 28.1 Å². The molecule has 122 valence electrons. The number of benzene rings is 2. The zero-order chi connectivity index (χ0) is 16.4. The smallest absolute Gasteiger partial charge is 0.141 e. The summed E-state index contributed by atoms with van der Waals surface area (Å²) in [6, 6.07) is 12.6. The van der Waals surface area contributed by atoms with Crippen molar-refractivity contribution in [2.75, 3.05) is 36.5 Å². The second-order valence-corrected chi connectivity index (χ2v) is 5.63. The van der Waals surface area contributed by atoms with Gasteiger partial charge in [0.05, 0.1) is 30.1 Å². The fraction of sp³-hybridized carbons (Fsp3) is 0.222. The molecule has 1 aliphatic rings. The lowest BCUT2D eigenvalue weighted by molar-refractivity contribution is 0.123. The molecule has 4 rings (SSSR count). The molecule has 2 heterocycles. The fourth-order valence-electron chi connectivity index (χ4n) is 2.92. The van der Waals surface area contributed by atoms with E-state index in [4.69, 9.17) is 4.74 Å². The highest BCUT2D eigenvalue weighted by Gasteiger charge is 2.15. The molecule has 6 heteroatoms. The molecule has 0 unspecified atom stereocenters. The van der Waals surface area contributed by atoms with Crippen molar-refractivity contribution in [2.45, 2.75) is 0 Å². The summed E-state index contributed by atoms with van der Waals surface area (Å²) >= 11 is 0. The normalized spacial score (nSPS) is 14.8. The highest BCUT2D eigenvalue weighted by Crippen LogP contribution is 2.31. The largest absolute Gasteiger partial charge is 0.378 e. The summed E-state index contributed by atoms with van der Waals surface area (Å²) in [5.74, 6) is 0.294. The Kier molecular flexibility index (Phi) is 3.96. The van der Waals surface area contributed by atoms with Gasteiger partial charge in [-0.3, -0.25) is 0 Å². The molecule has 3 aromatic rings. The summed E-state index contributed by atoms with van der Waals surface area (Å²) in [4.78, 5) is 10.8. The van der Waals surface area contributed by atoms with Crippen LogP contribution in [0.5, 0.6) is 0 Å². The van der Waals surface area contributed by atoms with Gasteiger partial charge in [0.25, 0.3) is 0 Å². The molecule has 0 amide bonds. The van der Waals surface area contributed by atoms with Crippen molar-refractivity contribution in [3.63, 3.8) is 0 Å². The van der Waals surface area contributed by atoms with Gasteiger partial charge >= 0.3 is 0 Å². The van der Waals surface area contributed by atoms with E-state index in [1.165, 1.54) is 18.5 Å². The monoisotopic (exact) mass is 324 g/mol. The minimum absolute atomic E-state index is 0.304. The minimum Gasteiger partial charge on any atom is -0.378 e. The first kappa shape index (κ1) is 14.8. The van der Waals surface area contributed by atoms with Crippen LogP contribution in [-0.2, 0) is 4.74 Å². The van der Waals surface area contributed by atoms with Crippen LogP contribution in [0.25, 0.3) is 10.9 Å². The van der Waals surface area contributed by atoms with E-state index in [2.05, 4.69) is 26.3 Å². The Balaban J connectivity index is 1.72. The predicted octanol–water partition coefficient (Wildman–Crippen LogP) is 3.35. The number of aromatic nitrogens is 2. The number of anilines is 3. The minimum atomic E-state index is -0.304. The second kappa shape index (κ2) is 6.41. The third kappa shape index (κ3) is 2.88. The van der Waals surface area contributed by atoms with Crippen LogP contribution < -0.4 is 10.2 Å². The number of para-hydroxylation sites is 2. The molecule has 0 spiro atoms. The quantitative estimate of drug-likeness (QED) is 0.801. The molecule has 0 aliphatic carbocycles. The summed E-state index contributed by atoms with van der Waals surface area (Å²) in [7, 11) is 0. The van der Waals surface area contributed by atoms with Crippen LogP contribution in [0, 0.1) is 5.82 Å². The van der Waals surface area contributed by atoms with E-state index in [9.17, 15) is 4.39 Å². The van der Waals surface area contributed by atoms with Gasteiger partial charge in [-0.2, -0.15) is 0 Å². The van der Waals surface area contributed by atoms with Crippen molar-refractivity contribution in [1.82, 2.24) is 9.97 Å². The molecule has 1 saturated heterocycles. The fourth-order valence-corrected chi connectivity index (χ4v) is 2.92. The van der Waals surface area contributed by atoms with Crippen molar-refractivity contribution < 1.29 is 9.13 Å². The molecule has 0 radical (unpaired) electrons. The number of fused-ring (bicyclic) bond motifs is 1. The van der Waals surface area contributed by atoms with Gasteiger partial charge < -0.3 is 15.0 Å². The number of halogens is 1. The first-order valence-corrected chi connectivity index (χ1v) is 7.90. The highest BCUT2D eigenvalue weighted by atomic mass is 19.1. The first-order chi connectivity index (χ1) is 11.8. The average Bonchev–Trinajstić information content (AvgIpc) is 2.63. The SMILES string of the molecule is Fc1ccc2ncnc(Nc3ccccc3N3CCOCC3)c2c1. The van der Waals surface area contributed by atoms with Gasteiger partial charge in [0.1, 0.15) is 18.0 Å². The van der Waals surface area contributed by atoms with E-state index >= 15 is 0 Å². The number of rotatable bonds is 3. The number of morpholine rings is 1. The Morgan fingerprint density at radius 1 is 1.04 bits per heavy atom. The summed E-state index contributed by atoms with van der Waals surface area (Å²) in [5, 5.41) is 4.00. The van der Waals surface area contributed by atoms with Crippen molar-refractivity contribution in [2.24, 2.45) is 0 Å². The molecule has 24 heavy (non-hydrogen) atoms.